The Morgan fingerprint density at radius 3 is 2.17 bits per heavy atom. The molecule has 0 fully saturated rings. The van der Waals surface area contributed by atoms with Crippen molar-refractivity contribution in [3.8, 4) is 6.07 Å². The fourth-order valence-electron chi connectivity index (χ4n) is 1.95. The first-order valence-corrected chi connectivity index (χ1v) is 6.52. The predicted octanol–water partition coefficient (Wildman–Crippen LogP) is 3.97. The quantitative estimate of drug-likeness (QED) is 0.644. The summed E-state index contributed by atoms with van der Waals surface area (Å²) in [6.07, 6.45) is 1.52. The molecule has 2 atom stereocenters. The number of nitriles is 1. The number of hydrogen-bond acceptors (Lipinski definition) is 4. The molecule has 0 aromatic heterocycles. The van der Waals surface area contributed by atoms with E-state index in [1.807, 2.05) is 20.8 Å². The van der Waals surface area contributed by atoms with Crippen molar-refractivity contribution in [3.63, 3.8) is 0 Å². The third-order valence-corrected chi connectivity index (χ3v) is 2.85. The molecule has 2 unspecified atom stereocenters. The van der Waals surface area contributed by atoms with Crippen LogP contribution in [0.2, 0.25) is 0 Å². The first-order valence-electron chi connectivity index (χ1n) is 6.52. The Hall–Kier alpha value is -0.950. The van der Waals surface area contributed by atoms with Gasteiger partial charge in [-0.1, -0.05) is 13.8 Å². The summed E-state index contributed by atoms with van der Waals surface area (Å²) in [5.74, 6) is 0.586. The maximum absolute atomic E-state index is 9.28. The van der Waals surface area contributed by atoms with E-state index in [4.69, 9.17) is 4.74 Å². The molecule has 0 rings (SSSR count). The SMILES string of the molecule is COC(C)(C)CC(C)(C#N)N=NC(C)CC(C)C. The van der Waals surface area contributed by atoms with Crippen molar-refractivity contribution in [1.29, 1.82) is 5.26 Å². The molecule has 0 heterocycles. The predicted molar refractivity (Wildman–Crippen MR) is 73.5 cm³/mol. The molecule has 0 aliphatic rings. The van der Waals surface area contributed by atoms with Gasteiger partial charge < -0.3 is 4.74 Å². The first kappa shape index (κ1) is 17.1. The first-order chi connectivity index (χ1) is 8.14. The second-order valence-electron chi connectivity index (χ2n) is 6.22. The van der Waals surface area contributed by atoms with Crippen LogP contribution in [0, 0.1) is 17.2 Å². The number of azo groups is 1. The van der Waals surface area contributed by atoms with Gasteiger partial charge in [-0.2, -0.15) is 15.5 Å². The second kappa shape index (κ2) is 6.84. The highest BCUT2D eigenvalue weighted by molar-refractivity contribution is 5.06. The number of methoxy groups -OCH3 is 1. The summed E-state index contributed by atoms with van der Waals surface area (Å²) < 4.78 is 5.35. The van der Waals surface area contributed by atoms with Crippen LogP contribution in [0.1, 0.15) is 54.4 Å². The van der Waals surface area contributed by atoms with Crippen molar-refractivity contribution >= 4 is 0 Å². The van der Waals surface area contributed by atoms with Crippen LogP contribution in [0.15, 0.2) is 10.2 Å². The fraction of sp³-hybridized carbons (Fsp3) is 0.929. The molecule has 4 nitrogen and oxygen atoms in total. The molecule has 104 valence electrons. The summed E-state index contributed by atoms with van der Waals surface area (Å²) in [7, 11) is 1.65. The van der Waals surface area contributed by atoms with Gasteiger partial charge in [0.2, 0.25) is 0 Å². The summed E-state index contributed by atoms with van der Waals surface area (Å²) in [6.45, 7) is 12.1. The summed E-state index contributed by atoms with van der Waals surface area (Å²) in [5.41, 5.74) is -1.18. The lowest BCUT2D eigenvalue weighted by Gasteiger charge is -2.28. The monoisotopic (exact) mass is 253 g/mol. The van der Waals surface area contributed by atoms with Gasteiger partial charge in [-0.05, 0) is 40.0 Å². The van der Waals surface area contributed by atoms with Gasteiger partial charge in [-0.3, -0.25) is 0 Å². The lowest BCUT2D eigenvalue weighted by Crippen LogP contribution is -2.34. The van der Waals surface area contributed by atoms with Gasteiger partial charge >= 0.3 is 0 Å². The Morgan fingerprint density at radius 2 is 1.78 bits per heavy atom. The molecule has 0 saturated carbocycles. The van der Waals surface area contributed by atoms with E-state index >= 15 is 0 Å². The van der Waals surface area contributed by atoms with Crippen molar-refractivity contribution in [2.75, 3.05) is 7.11 Å². The normalized spacial score (nSPS) is 17.7. The molecule has 0 saturated heterocycles. The minimum Gasteiger partial charge on any atom is -0.379 e. The van der Waals surface area contributed by atoms with Crippen LogP contribution in [-0.4, -0.2) is 24.3 Å². The van der Waals surface area contributed by atoms with E-state index in [0.29, 0.717) is 12.3 Å². The molecule has 0 bridgehead atoms. The zero-order valence-electron chi connectivity index (χ0n) is 12.8. The largest absolute Gasteiger partial charge is 0.379 e. The Morgan fingerprint density at radius 1 is 1.22 bits per heavy atom. The van der Waals surface area contributed by atoms with Crippen LogP contribution >= 0.6 is 0 Å². The van der Waals surface area contributed by atoms with E-state index in [1.165, 1.54) is 0 Å². The van der Waals surface area contributed by atoms with E-state index in [1.54, 1.807) is 14.0 Å². The highest BCUT2D eigenvalue weighted by Gasteiger charge is 2.33. The summed E-state index contributed by atoms with van der Waals surface area (Å²) >= 11 is 0. The van der Waals surface area contributed by atoms with Crippen LogP contribution < -0.4 is 0 Å². The third-order valence-electron chi connectivity index (χ3n) is 2.85. The summed E-state index contributed by atoms with van der Waals surface area (Å²) in [4.78, 5) is 0. The zero-order chi connectivity index (χ0) is 14.4. The van der Waals surface area contributed by atoms with E-state index in [9.17, 15) is 5.26 Å². The maximum atomic E-state index is 9.28. The molecule has 0 aromatic rings. The van der Waals surface area contributed by atoms with E-state index in [0.717, 1.165) is 6.42 Å². The minimum atomic E-state index is -0.815. The van der Waals surface area contributed by atoms with Crippen molar-refractivity contribution < 1.29 is 4.74 Å². The molecule has 0 radical (unpaired) electrons. The smallest absolute Gasteiger partial charge is 0.167 e. The van der Waals surface area contributed by atoms with Crippen LogP contribution in [-0.2, 0) is 4.74 Å². The molecular weight excluding hydrogens is 226 g/mol. The van der Waals surface area contributed by atoms with Crippen LogP contribution in [0.3, 0.4) is 0 Å². The number of hydrogen-bond donors (Lipinski definition) is 0. The van der Waals surface area contributed by atoms with Crippen molar-refractivity contribution in [2.45, 2.75) is 71.6 Å². The number of ether oxygens (including phenoxy) is 1. The standard InChI is InChI=1S/C14H27N3O/c1-11(2)8-12(3)16-17-14(6,10-15)9-13(4,5)18-7/h11-12H,8-9H2,1-7H3. The topological polar surface area (TPSA) is 57.7 Å². The van der Waals surface area contributed by atoms with Gasteiger partial charge in [-0.15, -0.1) is 0 Å². The average molecular weight is 253 g/mol. The summed E-state index contributed by atoms with van der Waals surface area (Å²) in [6, 6.07) is 2.39. The Balaban J connectivity index is 4.68. The van der Waals surface area contributed by atoms with Crippen molar-refractivity contribution in [1.82, 2.24) is 0 Å². The van der Waals surface area contributed by atoms with E-state index < -0.39 is 5.54 Å². The van der Waals surface area contributed by atoms with Crippen LogP contribution in [0.5, 0.6) is 0 Å². The molecule has 18 heavy (non-hydrogen) atoms. The summed E-state index contributed by atoms with van der Waals surface area (Å²) in [5, 5.41) is 17.8. The van der Waals surface area contributed by atoms with Gasteiger partial charge in [-0.25, -0.2) is 0 Å². The molecule has 0 N–H and O–H groups in total. The van der Waals surface area contributed by atoms with Gasteiger partial charge in [0.1, 0.15) is 0 Å². The molecule has 0 aliphatic carbocycles. The molecule has 0 spiro atoms. The second-order valence-corrected chi connectivity index (χ2v) is 6.22. The molecule has 0 aromatic carbocycles. The number of rotatable bonds is 7. The van der Waals surface area contributed by atoms with E-state index in [2.05, 4.69) is 30.1 Å². The van der Waals surface area contributed by atoms with Gasteiger partial charge in [0.25, 0.3) is 0 Å². The molecule has 4 heteroatoms. The maximum Gasteiger partial charge on any atom is 0.167 e. The highest BCUT2D eigenvalue weighted by atomic mass is 16.5. The lowest BCUT2D eigenvalue weighted by molar-refractivity contribution is 0.00472. The molecular formula is C14H27N3O. The lowest BCUT2D eigenvalue weighted by atomic mass is 9.90. The van der Waals surface area contributed by atoms with Crippen molar-refractivity contribution in [3.05, 3.63) is 0 Å². The fourth-order valence-corrected chi connectivity index (χ4v) is 1.95. The van der Waals surface area contributed by atoms with Crippen molar-refractivity contribution in [2.24, 2.45) is 16.1 Å². The minimum absolute atomic E-state index is 0.156. The number of nitrogens with zero attached hydrogens (tertiary/aromatic N) is 3. The molecule has 0 aliphatic heterocycles. The van der Waals surface area contributed by atoms with Gasteiger partial charge in [0.15, 0.2) is 5.54 Å². The van der Waals surface area contributed by atoms with Crippen LogP contribution in [0.25, 0.3) is 0 Å². The highest BCUT2D eigenvalue weighted by Crippen LogP contribution is 2.26. The third kappa shape index (κ3) is 6.70. The van der Waals surface area contributed by atoms with E-state index in [-0.39, 0.29) is 11.6 Å². The average Bonchev–Trinajstić information content (AvgIpc) is 2.25. The Kier molecular flexibility index (Phi) is 6.48. The van der Waals surface area contributed by atoms with Crippen LogP contribution in [0.4, 0.5) is 0 Å². The molecule has 0 amide bonds. The van der Waals surface area contributed by atoms with Gasteiger partial charge in [0, 0.05) is 13.5 Å². The van der Waals surface area contributed by atoms with Gasteiger partial charge in [0.05, 0.1) is 17.7 Å². The zero-order valence-corrected chi connectivity index (χ0v) is 12.8. The Bertz CT molecular complexity index is 317. The Labute approximate surface area is 111 Å².